The Kier molecular flexibility index (Phi) is 3.79. The molecule has 104 valence electrons. The second kappa shape index (κ2) is 5.71. The summed E-state index contributed by atoms with van der Waals surface area (Å²) in [6.45, 7) is 1.78. The molecule has 4 heteroatoms. The third-order valence-electron chi connectivity index (χ3n) is 3.68. The maximum Gasteiger partial charge on any atom is 0.188 e. The van der Waals surface area contributed by atoms with E-state index in [1.807, 2.05) is 30.3 Å². The van der Waals surface area contributed by atoms with Crippen molar-refractivity contribution in [3.63, 3.8) is 0 Å². The molecule has 1 heterocycles. The Balaban J connectivity index is 1.88. The summed E-state index contributed by atoms with van der Waals surface area (Å²) in [5, 5.41) is 7.22. The van der Waals surface area contributed by atoms with Crippen LogP contribution in [0.1, 0.15) is 24.8 Å². The third kappa shape index (κ3) is 2.73. The molecule has 1 aromatic rings. The van der Waals surface area contributed by atoms with Gasteiger partial charge < -0.3 is 10.6 Å². The standard InChI is InChI=1S/C16H17ClN2O/c17-13-6-4-11(5-7-13)10-12-2-1-3-14(15(12)20)16-18-8-9-19-16/h4-7,10,18-19H,1-3,8-9H2/b12-10+. The number of nitrogens with one attached hydrogen (secondary N) is 2. The first-order valence-electron chi connectivity index (χ1n) is 6.96. The predicted molar refractivity (Wildman–Crippen MR) is 81.3 cm³/mol. The van der Waals surface area contributed by atoms with Crippen molar-refractivity contribution in [2.75, 3.05) is 13.1 Å². The lowest BCUT2D eigenvalue weighted by atomic mass is 9.87. The normalized spacial score (nSPS) is 21.1. The molecule has 1 saturated carbocycles. The summed E-state index contributed by atoms with van der Waals surface area (Å²) in [7, 11) is 0. The Labute approximate surface area is 123 Å². The molecule has 3 rings (SSSR count). The van der Waals surface area contributed by atoms with Crippen molar-refractivity contribution in [1.82, 2.24) is 10.6 Å². The first kappa shape index (κ1) is 13.3. The van der Waals surface area contributed by atoms with Gasteiger partial charge in [0, 0.05) is 29.3 Å². The highest BCUT2D eigenvalue weighted by Crippen LogP contribution is 2.28. The number of carbonyl (C=O) groups is 1. The first-order valence-corrected chi connectivity index (χ1v) is 7.33. The number of ketones is 1. The quantitative estimate of drug-likeness (QED) is 0.781. The highest BCUT2D eigenvalue weighted by molar-refractivity contribution is 6.30. The number of allylic oxidation sites excluding steroid dienone is 2. The van der Waals surface area contributed by atoms with E-state index in [-0.39, 0.29) is 5.78 Å². The minimum atomic E-state index is 0.170. The van der Waals surface area contributed by atoms with Gasteiger partial charge in [0.25, 0.3) is 0 Å². The van der Waals surface area contributed by atoms with Gasteiger partial charge in [-0.25, -0.2) is 0 Å². The van der Waals surface area contributed by atoms with Crippen molar-refractivity contribution < 1.29 is 4.79 Å². The lowest BCUT2D eigenvalue weighted by Gasteiger charge is -2.18. The van der Waals surface area contributed by atoms with Crippen LogP contribution < -0.4 is 10.6 Å². The molecular formula is C16H17ClN2O. The third-order valence-corrected chi connectivity index (χ3v) is 3.93. The number of benzene rings is 1. The number of Topliss-reactive ketones (excluding diaryl/α,β-unsaturated/α-hetero) is 1. The van der Waals surface area contributed by atoms with Crippen LogP contribution in [0.25, 0.3) is 6.08 Å². The van der Waals surface area contributed by atoms with Gasteiger partial charge in [0.2, 0.25) is 0 Å². The van der Waals surface area contributed by atoms with Crippen LogP contribution in [0, 0.1) is 0 Å². The molecule has 1 aliphatic heterocycles. The SMILES string of the molecule is O=C1C(=C2NCCN2)CCC/C1=C\c1ccc(Cl)cc1. The van der Waals surface area contributed by atoms with Crippen LogP contribution in [0.2, 0.25) is 5.02 Å². The molecule has 3 nitrogen and oxygen atoms in total. The van der Waals surface area contributed by atoms with Crippen molar-refractivity contribution in [1.29, 1.82) is 0 Å². The molecule has 2 aliphatic rings. The fraction of sp³-hybridized carbons (Fsp3) is 0.312. The zero-order valence-corrected chi connectivity index (χ0v) is 12.0. The lowest BCUT2D eigenvalue weighted by Crippen LogP contribution is -2.22. The molecule has 20 heavy (non-hydrogen) atoms. The number of rotatable bonds is 1. The zero-order valence-electron chi connectivity index (χ0n) is 11.2. The van der Waals surface area contributed by atoms with Crippen LogP contribution in [0.15, 0.2) is 41.2 Å². The summed E-state index contributed by atoms with van der Waals surface area (Å²) in [4.78, 5) is 12.6. The van der Waals surface area contributed by atoms with Gasteiger partial charge in [-0.3, -0.25) is 4.79 Å². The monoisotopic (exact) mass is 288 g/mol. The Morgan fingerprint density at radius 3 is 2.45 bits per heavy atom. The van der Waals surface area contributed by atoms with E-state index in [1.54, 1.807) is 0 Å². The van der Waals surface area contributed by atoms with Gasteiger partial charge >= 0.3 is 0 Å². The van der Waals surface area contributed by atoms with Gasteiger partial charge in [-0.05, 0) is 43.0 Å². The van der Waals surface area contributed by atoms with Crippen molar-refractivity contribution in [3.8, 4) is 0 Å². The Morgan fingerprint density at radius 2 is 1.75 bits per heavy atom. The van der Waals surface area contributed by atoms with Crippen LogP contribution in [0.4, 0.5) is 0 Å². The zero-order chi connectivity index (χ0) is 13.9. The minimum absolute atomic E-state index is 0.170. The van der Waals surface area contributed by atoms with Crippen LogP contribution in [0.5, 0.6) is 0 Å². The van der Waals surface area contributed by atoms with E-state index in [9.17, 15) is 4.79 Å². The molecular weight excluding hydrogens is 272 g/mol. The minimum Gasteiger partial charge on any atom is -0.370 e. The van der Waals surface area contributed by atoms with Crippen molar-refractivity contribution in [3.05, 3.63) is 51.8 Å². The summed E-state index contributed by atoms with van der Waals surface area (Å²) in [6.07, 6.45) is 4.70. The fourth-order valence-corrected chi connectivity index (χ4v) is 2.79. The topological polar surface area (TPSA) is 41.1 Å². The molecule has 0 aromatic heterocycles. The van der Waals surface area contributed by atoms with Crippen LogP contribution in [-0.2, 0) is 4.79 Å². The smallest absolute Gasteiger partial charge is 0.188 e. The molecule has 1 saturated heterocycles. The summed E-state index contributed by atoms with van der Waals surface area (Å²) in [5.41, 5.74) is 2.81. The summed E-state index contributed by atoms with van der Waals surface area (Å²) < 4.78 is 0. The van der Waals surface area contributed by atoms with E-state index in [1.165, 1.54) is 0 Å². The molecule has 0 amide bonds. The van der Waals surface area contributed by atoms with Gasteiger partial charge in [0.1, 0.15) is 5.82 Å². The molecule has 2 N–H and O–H groups in total. The van der Waals surface area contributed by atoms with Crippen LogP contribution in [0.3, 0.4) is 0 Å². The van der Waals surface area contributed by atoms with Gasteiger partial charge in [-0.15, -0.1) is 0 Å². The van der Waals surface area contributed by atoms with Crippen molar-refractivity contribution in [2.45, 2.75) is 19.3 Å². The maximum absolute atomic E-state index is 12.6. The first-order chi connectivity index (χ1) is 9.74. The van der Waals surface area contributed by atoms with Gasteiger partial charge in [-0.2, -0.15) is 0 Å². The van der Waals surface area contributed by atoms with Gasteiger partial charge in [-0.1, -0.05) is 23.7 Å². The molecule has 0 radical (unpaired) electrons. The van der Waals surface area contributed by atoms with Gasteiger partial charge in [0.05, 0.1) is 0 Å². The van der Waals surface area contributed by atoms with Crippen molar-refractivity contribution in [2.24, 2.45) is 0 Å². The number of halogens is 1. The maximum atomic E-state index is 12.6. The second-order valence-corrected chi connectivity index (χ2v) is 5.55. The second-order valence-electron chi connectivity index (χ2n) is 5.11. The van der Waals surface area contributed by atoms with E-state index >= 15 is 0 Å². The summed E-state index contributed by atoms with van der Waals surface area (Å²) >= 11 is 5.88. The molecule has 1 aliphatic carbocycles. The Hall–Kier alpha value is -1.74. The molecule has 0 bridgehead atoms. The van der Waals surface area contributed by atoms with E-state index in [2.05, 4.69) is 10.6 Å². The Morgan fingerprint density at radius 1 is 1.05 bits per heavy atom. The number of hydrogen-bond donors (Lipinski definition) is 2. The predicted octanol–water partition coefficient (Wildman–Crippen LogP) is 2.88. The lowest BCUT2D eigenvalue weighted by molar-refractivity contribution is -0.113. The highest BCUT2D eigenvalue weighted by Gasteiger charge is 2.25. The molecule has 0 unspecified atom stereocenters. The van der Waals surface area contributed by atoms with Gasteiger partial charge in [0.15, 0.2) is 5.78 Å². The fourth-order valence-electron chi connectivity index (χ4n) is 2.66. The molecule has 2 fully saturated rings. The van der Waals surface area contributed by atoms with Crippen molar-refractivity contribution >= 4 is 23.5 Å². The van der Waals surface area contributed by atoms with E-state index in [0.29, 0.717) is 5.02 Å². The van der Waals surface area contributed by atoms with Crippen LogP contribution in [-0.4, -0.2) is 18.9 Å². The largest absolute Gasteiger partial charge is 0.370 e. The summed E-state index contributed by atoms with van der Waals surface area (Å²) in [6, 6.07) is 7.58. The molecule has 0 spiro atoms. The summed E-state index contributed by atoms with van der Waals surface area (Å²) in [5.74, 6) is 1.10. The molecule has 1 aromatic carbocycles. The average molecular weight is 289 g/mol. The molecule has 0 atom stereocenters. The number of carbonyl (C=O) groups excluding carboxylic acids is 1. The average Bonchev–Trinajstić information content (AvgIpc) is 2.97. The van der Waals surface area contributed by atoms with Crippen LogP contribution >= 0.6 is 11.6 Å². The Bertz CT molecular complexity index is 579. The van der Waals surface area contributed by atoms with E-state index in [0.717, 1.165) is 54.9 Å². The highest BCUT2D eigenvalue weighted by atomic mass is 35.5. The van der Waals surface area contributed by atoms with E-state index in [4.69, 9.17) is 11.6 Å². The number of hydrogen-bond acceptors (Lipinski definition) is 3. The van der Waals surface area contributed by atoms with E-state index < -0.39 is 0 Å².